The highest BCUT2D eigenvalue weighted by molar-refractivity contribution is 14.0. The Morgan fingerprint density at radius 1 is 1.17 bits per heavy atom. The molecule has 0 saturated heterocycles. The number of hydrogen-bond donors (Lipinski definition) is 3. The molecule has 140 valence electrons. The summed E-state index contributed by atoms with van der Waals surface area (Å²) in [5.41, 5.74) is 0. The second-order valence-corrected chi connectivity index (χ2v) is 7.57. The number of nitrogens with zero attached hydrogens (tertiary/aromatic N) is 2. The maximum atomic E-state index is 10.9. The zero-order chi connectivity index (χ0) is 17.2. The van der Waals surface area contributed by atoms with Gasteiger partial charge in [-0.1, -0.05) is 0 Å². The third kappa shape index (κ3) is 14.0. The molecule has 9 heteroatoms. The van der Waals surface area contributed by atoms with Crippen LogP contribution in [0.5, 0.6) is 0 Å². The fourth-order valence-corrected chi connectivity index (χ4v) is 2.60. The molecule has 0 unspecified atom stereocenters. The van der Waals surface area contributed by atoms with Crippen molar-refractivity contribution in [1.29, 1.82) is 0 Å². The lowest BCUT2D eigenvalue weighted by Crippen LogP contribution is -2.40. The molecule has 0 bridgehead atoms. The van der Waals surface area contributed by atoms with Crippen LogP contribution in [0.4, 0.5) is 0 Å². The third-order valence-corrected chi connectivity index (χ3v) is 3.97. The summed E-state index contributed by atoms with van der Waals surface area (Å²) in [4.78, 5) is 6.88. The van der Waals surface area contributed by atoms with Gasteiger partial charge in [-0.2, -0.15) is 0 Å². The van der Waals surface area contributed by atoms with E-state index < -0.39 is 10.0 Å². The number of guanidine groups is 1. The molecule has 0 fully saturated rings. The molecule has 0 atom stereocenters. The average Bonchev–Trinajstić information content (AvgIpc) is 2.35. The van der Waals surface area contributed by atoms with Crippen molar-refractivity contribution in [3.8, 4) is 0 Å². The minimum atomic E-state index is -3.44. The number of primary sulfonamides is 1. The SMILES string of the molecule is CCNC(=NCCCN(C(C)C)C(C)C)NCCS(N)(=O)=O.I. The third-order valence-electron chi connectivity index (χ3n) is 3.19. The van der Waals surface area contributed by atoms with Crippen LogP contribution in [0.1, 0.15) is 41.0 Å². The van der Waals surface area contributed by atoms with Crippen LogP contribution in [0.15, 0.2) is 4.99 Å². The molecule has 0 heterocycles. The Kier molecular flexibility index (Phi) is 14.4. The van der Waals surface area contributed by atoms with E-state index in [-0.39, 0.29) is 36.3 Å². The molecule has 0 rings (SSSR count). The van der Waals surface area contributed by atoms with Crippen LogP contribution in [-0.4, -0.2) is 63.3 Å². The van der Waals surface area contributed by atoms with Crippen molar-refractivity contribution in [2.45, 2.75) is 53.1 Å². The highest BCUT2D eigenvalue weighted by atomic mass is 127. The van der Waals surface area contributed by atoms with E-state index in [0.717, 1.165) is 19.5 Å². The van der Waals surface area contributed by atoms with Gasteiger partial charge in [0, 0.05) is 38.3 Å². The smallest absolute Gasteiger partial charge is 0.210 e. The lowest BCUT2D eigenvalue weighted by atomic mass is 10.2. The van der Waals surface area contributed by atoms with E-state index >= 15 is 0 Å². The molecule has 0 aliphatic carbocycles. The maximum Gasteiger partial charge on any atom is 0.210 e. The zero-order valence-electron chi connectivity index (χ0n) is 15.0. The minimum absolute atomic E-state index is 0. The molecule has 0 aromatic carbocycles. The first kappa shape index (κ1) is 25.1. The average molecular weight is 463 g/mol. The maximum absolute atomic E-state index is 10.9. The van der Waals surface area contributed by atoms with Gasteiger partial charge in [-0.05, 0) is 41.0 Å². The van der Waals surface area contributed by atoms with E-state index in [2.05, 4.69) is 48.2 Å². The second kappa shape index (κ2) is 13.2. The van der Waals surface area contributed by atoms with Crippen LogP contribution in [0.3, 0.4) is 0 Å². The summed E-state index contributed by atoms with van der Waals surface area (Å²) in [5.74, 6) is 0.526. The lowest BCUT2D eigenvalue weighted by Gasteiger charge is -2.30. The van der Waals surface area contributed by atoms with E-state index in [9.17, 15) is 8.42 Å². The van der Waals surface area contributed by atoms with Crippen LogP contribution in [0, 0.1) is 0 Å². The van der Waals surface area contributed by atoms with Crippen LogP contribution in [-0.2, 0) is 10.0 Å². The normalized spacial score (nSPS) is 12.7. The summed E-state index contributed by atoms with van der Waals surface area (Å²) in [6.07, 6.45) is 0.960. The minimum Gasteiger partial charge on any atom is -0.357 e. The first-order valence-corrected chi connectivity index (χ1v) is 9.67. The molecule has 0 saturated carbocycles. The zero-order valence-corrected chi connectivity index (χ0v) is 18.1. The lowest BCUT2D eigenvalue weighted by molar-refractivity contribution is 0.174. The fourth-order valence-electron chi connectivity index (χ4n) is 2.21. The first-order valence-electron chi connectivity index (χ1n) is 7.95. The topological polar surface area (TPSA) is 99.8 Å². The van der Waals surface area contributed by atoms with E-state index in [4.69, 9.17) is 5.14 Å². The van der Waals surface area contributed by atoms with Crippen LogP contribution in [0.25, 0.3) is 0 Å². The molecule has 0 radical (unpaired) electrons. The van der Waals surface area contributed by atoms with Crippen molar-refractivity contribution in [1.82, 2.24) is 15.5 Å². The van der Waals surface area contributed by atoms with Gasteiger partial charge in [-0.25, -0.2) is 13.6 Å². The Bertz CT molecular complexity index is 419. The van der Waals surface area contributed by atoms with Gasteiger partial charge in [0.05, 0.1) is 5.75 Å². The Labute approximate surface area is 158 Å². The number of aliphatic imine (C=N–C) groups is 1. The molecular weight excluding hydrogens is 429 g/mol. The predicted molar refractivity (Wildman–Crippen MR) is 109 cm³/mol. The highest BCUT2D eigenvalue weighted by Crippen LogP contribution is 2.05. The van der Waals surface area contributed by atoms with Gasteiger partial charge in [0.2, 0.25) is 10.0 Å². The first-order chi connectivity index (χ1) is 10.2. The van der Waals surface area contributed by atoms with E-state index in [1.165, 1.54) is 0 Å². The molecule has 23 heavy (non-hydrogen) atoms. The summed E-state index contributed by atoms with van der Waals surface area (Å²) in [5, 5.41) is 11.0. The van der Waals surface area contributed by atoms with Gasteiger partial charge < -0.3 is 10.6 Å². The molecule has 4 N–H and O–H groups in total. The summed E-state index contributed by atoms with van der Waals surface area (Å²) < 4.78 is 21.8. The largest absolute Gasteiger partial charge is 0.357 e. The molecule has 0 spiro atoms. The van der Waals surface area contributed by atoms with Crippen molar-refractivity contribution in [2.75, 3.05) is 31.9 Å². The Morgan fingerprint density at radius 2 is 1.74 bits per heavy atom. The molecule has 0 aromatic rings. The summed E-state index contributed by atoms with van der Waals surface area (Å²) in [6, 6.07) is 1.04. The van der Waals surface area contributed by atoms with Gasteiger partial charge >= 0.3 is 0 Å². The van der Waals surface area contributed by atoms with Crippen molar-refractivity contribution >= 4 is 40.0 Å². The van der Waals surface area contributed by atoms with E-state index in [1.54, 1.807) is 0 Å². The van der Waals surface area contributed by atoms with Gasteiger partial charge in [0.15, 0.2) is 5.96 Å². The molecular formula is C14H34IN5O2S. The number of sulfonamides is 1. The number of halogens is 1. The quantitative estimate of drug-likeness (QED) is 0.194. The predicted octanol–water partition coefficient (Wildman–Crippen LogP) is 0.957. The summed E-state index contributed by atoms with van der Waals surface area (Å²) in [7, 11) is -3.44. The number of nitrogens with two attached hydrogens (primary N) is 1. The van der Waals surface area contributed by atoms with Gasteiger partial charge in [0.1, 0.15) is 0 Å². The summed E-state index contributed by atoms with van der Waals surface area (Å²) >= 11 is 0. The van der Waals surface area contributed by atoms with Gasteiger partial charge in [-0.15, -0.1) is 24.0 Å². The highest BCUT2D eigenvalue weighted by Gasteiger charge is 2.12. The molecule has 0 amide bonds. The van der Waals surface area contributed by atoms with Crippen molar-refractivity contribution in [3.63, 3.8) is 0 Å². The second-order valence-electron chi connectivity index (χ2n) is 5.83. The van der Waals surface area contributed by atoms with Crippen LogP contribution >= 0.6 is 24.0 Å². The van der Waals surface area contributed by atoms with Gasteiger partial charge in [0.25, 0.3) is 0 Å². The van der Waals surface area contributed by atoms with Crippen molar-refractivity contribution in [3.05, 3.63) is 0 Å². The molecule has 7 nitrogen and oxygen atoms in total. The Morgan fingerprint density at radius 3 is 2.17 bits per heavy atom. The Balaban J connectivity index is 0. The fraction of sp³-hybridized carbons (Fsp3) is 0.929. The monoisotopic (exact) mass is 463 g/mol. The van der Waals surface area contributed by atoms with E-state index in [0.29, 0.717) is 24.6 Å². The molecule has 0 aliphatic heterocycles. The summed E-state index contributed by atoms with van der Waals surface area (Å²) in [6.45, 7) is 13.4. The molecule has 0 aliphatic rings. The van der Waals surface area contributed by atoms with Gasteiger partial charge in [-0.3, -0.25) is 9.89 Å². The number of hydrogen-bond acceptors (Lipinski definition) is 4. The van der Waals surface area contributed by atoms with Crippen LogP contribution in [0.2, 0.25) is 0 Å². The molecule has 0 aromatic heterocycles. The van der Waals surface area contributed by atoms with Crippen molar-refractivity contribution in [2.24, 2.45) is 10.1 Å². The van der Waals surface area contributed by atoms with Crippen molar-refractivity contribution < 1.29 is 8.42 Å². The standard InChI is InChI=1S/C14H33N5O2S.HI/c1-6-16-14(18-9-11-22(15,20)21)17-8-7-10-19(12(2)3)13(4)5;/h12-13H,6-11H2,1-5H3,(H2,15,20,21)(H2,16,17,18);1H. The number of nitrogens with one attached hydrogen (secondary N) is 2. The number of rotatable bonds is 10. The Hall–Kier alpha value is -0.130. The van der Waals surface area contributed by atoms with E-state index in [1.807, 2.05) is 6.92 Å². The van der Waals surface area contributed by atoms with Crippen LogP contribution < -0.4 is 15.8 Å².